The zero-order valence-corrected chi connectivity index (χ0v) is 16.1. The summed E-state index contributed by atoms with van der Waals surface area (Å²) < 4.78 is 1.11. The molecule has 1 aliphatic rings. The molecule has 0 aromatic heterocycles. The second kappa shape index (κ2) is 7.70. The Morgan fingerprint density at radius 3 is 2.76 bits per heavy atom. The van der Waals surface area contributed by atoms with Gasteiger partial charge in [0.2, 0.25) is 0 Å². The van der Waals surface area contributed by atoms with E-state index in [4.69, 9.17) is 0 Å². The fraction of sp³-hybridized carbons (Fsp3) is 0.200. The van der Waals surface area contributed by atoms with Crippen molar-refractivity contribution in [2.45, 2.75) is 19.9 Å². The van der Waals surface area contributed by atoms with Gasteiger partial charge >= 0.3 is 0 Å². The molecule has 5 heteroatoms. The van der Waals surface area contributed by atoms with E-state index in [2.05, 4.69) is 40.0 Å². The van der Waals surface area contributed by atoms with Gasteiger partial charge in [-0.15, -0.1) is 0 Å². The lowest BCUT2D eigenvalue weighted by Gasteiger charge is -2.27. The van der Waals surface area contributed by atoms with Crippen molar-refractivity contribution in [3.8, 4) is 6.07 Å². The van der Waals surface area contributed by atoms with Gasteiger partial charge in [0, 0.05) is 28.5 Å². The Morgan fingerprint density at radius 1 is 1.28 bits per heavy atom. The number of nitriles is 1. The van der Waals surface area contributed by atoms with Gasteiger partial charge in [-0.1, -0.05) is 24.3 Å². The molecule has 2 aromatic carbocycles. The molecule has 0 atom stereocenters. The van der Waals surface area contributed by atoms with Gasteiger partial charge in [-0.05, 0) is 70.8 Å². The molecule has 0 unspecified atom stereocenters. The first-order chi connectivity index (χ1) is 12.1. The zero-order valence-electron chi connectivity index (χ0n) is 13.9. The molecule has 1 N–H and O–H groups in total. The minimum atomic E-state index is -0.370. The Labute approximate surface area is 161 Å². The number of anilines is 1. The molecule has 0 bridgehead atoms. The maximum atomic E-state index is 12.5. The summed E-state index contributed by atoms with van der Waals surface area (Å²) in [4.78, 5) is 14.5. The number of nitrogens with one attached hydrogen (secondary N) is 1. The Balaban J connectivity index is 1.75. The summed E-state index contributed by atoms with van der Waals surface area (Å²) in [6.45, 7) is 3.46. The van der Waals surface area contributed by atoms with E-state index < -0.39 is 0 Å². The molecular formula is C20H18IN3O. The van der Waals surface area contributed by atoms with Gasteiger partial charge in [-0.3, -0.25) is 4.79 Å². The molecule has 126 valence electrons. The standard InChI is InChI=1S/C20H18IN3O/c1-14-10-18(21)6-7-19(14)23-20(25)17(11-22)13-24-9-8-15-4-2-3-5-16(15)12-24/h2-7,10,13H,8-9,12H2,1H3,(H,23,25)/b17-13-. The van der Waals surface area contributed by atoms with Crippen LogP contribution in [0.5, 0.6) is 0 Å². The number of carbonyl (C=O) groups is 1. The first kappa shape index (κ1) is 17.5. The Kier molecular flexibility index (Phi) is 5.39. The summed E-state index contributed by atoms with van der Waals surface area (Å²) in [6.07, 6.45) is 2.59. The summed E-state index contributed by atoms with van der Waals surface area (Å²) in [5, 5.41) is 12.2. The number of halogens is 1. The van der Waals surface area contributed by atoms with E-state index in [0.717, 1.165) is 34.3 Å². The normalized spacial score (nSPS) is 13.8. The van der Waals surface area contributed by atoms with Crippen LogP contribution in [0.1, 0.15) is 16.7 Å². The highest BCUT2D eigenvalue weighted by Gasteiger charge is 2.17. The van der Waals surface area contributed by atoms with E-state index in [1.54, 1.807) is 6.20 Å². The number of nitrogens with zero attached hydrogens (tertiary/aromatic N) is 2. The van der Waals surface area contributed by atoms with Gasteiger partial charge in [0.1, 0.15) is 11.6 Å². The summed E-state index contributed by atoms with van der Waals surface area (Å²) in [7, 11) is 0. The number of aryl methyl sites for hydroxylation is 1. The third-order valence-corrected chi connectivity index (χ3v) is 4.94. The fourth-order valence-electron chi connectivity index (χ4n) is 2.91. The molecule has 0 spiro atoms. The molecule has 1 amide bonds. The van der Waals surface area contributed by atoms with Gasteiger partial charge in [0.15, 0.2) is 0 Å². The molecule has 0 saturated carbocycles. The number of amides is 1. The number of rotatable bonds is 3. The van der Waals surface area contributed by atoms with Gasteiger partial charge in [0.25, 0.3) is 5.91 Å². The van der Waals surface area contributed by atoms with Crippen molar-refractivity contribution in [1.82, 2.24) is 4.90 Å². The molecule has 1 heterocycles. The highest BCUT2D eigenvalue weighted by molar-refractivity contribution is 14.1. The highest BCUT2D eigenvalue weighted by Crippen LogP contribution is 2.21. The molecule has 0 saturated heterocycles. The summed E-state index contributed by atoms with van der Waals surface area (Å²) in [5.41, 5.74) is 4.41. The minimum Gasteiger partial charge on any atom is -0.371 e. The number of hydrogen-bond donors (Lipinski definition) is 1. The van der Waals surface area contributed by atoms with Crippen molar-refractivity contribution in [2.75, 3.05) is 11.9 Å². The van der Waals surface area contributed by atoms with Crippen LogP contribution >= 0.6 is 22.6 Å². The topological polar surface area (TPSA) is 56.1 Å². The first-order valence-electron chi connectivity index (χ1n) is 8.07. The van der Waals surface area contributed by atoms with Gasteiger partial charge < -0.3 is 10.2 Å². The van der Waals surface area contributed by atoms with E-state index in [1.165, 1.54) is 11.1 Å². The largest absolute Gasteiger partial charge is 0.371 e. The summed E-state index contributed by atoms with van der Waals surface area (Å²) >= 11 is 2.23. The first-order valence-corrected chi connectivity index (χ1v) is 9.15. The minimum absolute atomic E-state index is 0.123. The predicted molar refractivity (Wildman–Crippen MR) is 107 cm³/mol. The Hall–Kier alpha value is -2.33. The molecule has 1 aliphatic heterocycles. The SMILES string of the molecule is Cc1cc(I)ccc1NC(=O)/C(C#N)=C\N1CCc2ccccc2C1. The van der Waals surface area contributed by atoms with Gasteiger partial charge in [0.05, 0.1) is 0 Å². The molecule has 3 rings (SSSR count). The molecular weight excluding hydrogens is 425 g/mol. The second-order valence-electron chi connectivity index (χ2n) is 6.06. The van der Waals surface area contributed by atoms with Crippen molar-refractivity contribution in [3.05, 3.63) is 74.5 Å². The molecule has 2 aromatic rings. The van der Waals surface area contributed by atoms with Crippen LogP contribution in [-0.2, 0) is 17.8 Å². The lowest BCUT2D eigenvalue weighted by molar-refractivity contribution is -0.112. The average molecular weight is 443 g/mol. The monoisotopic (exact) mass is 443 g/mol. The third-order valence-electron chi connectivity index (χ3n) is 4.27. The van der Waals surface area contributed by atoms with Crippen LogP contribution in [0.3, 0.4) is 0 Å². The number of hydrogen-bond acceptors (Lipinski definition) is 3. The second-order valence-corrected chi connectivity index (χ2v) is 7.30. The van der Waals surface area contributed by atoms with Gasteiger partial charge in [-0.2, -0.15) is 5.26 Å². The smallest absolute Gasteiger partial charge is 0.267 e. The van der Waals surface area contributed by atoms with Gasteiger partial charge in [-0.25, -0.2) is 0 Å². The predicted octanol–water partition coefficient (Wildman–Crippen LogP) is 4.00. The van der Waals surface area contributed by atoms with E-state index in [0.29, 0.717) is 0 Å². The number of carbonyl (C=O) groups excluding carboxylic acids is 1. The third kappa shape index (κ3) is 4.20. The van der Waals surface area contributed by atoms with Crippen LogP contribution in [0.15, 0.2) is 54.2 Å². The van der Waals surface area contributed by atoms with Crippen LogP contribution in [-0.4, -0.2) is 17.4 Å². The van der Waals surface area contributed by atoms with E-state index >= 15 is 0 Å². The highest BCUT2D eigenvalue weighted by atomic mass is 127. The van der Waals surface area contributed by atoms with E-state index in [-0.39, 0.29) is 11.5 Å². The molecule has 0 fully saturated rings. The van der Waals surface area contributed by atoms with Crippen molar-refractivity contribution in [1.29, 1.82) is 5.26 Å². The molecule has 4 nitrogen and oxygen atoms in total. The quantitative estimate of drug-likeness (QED) is 0.443. The van der Waals surface area contributed by atoms with Crippen LogP contribution in [0, 0.1) is 21.8 Å². The van der Waals surface area contributed by atoms with Crippen LogP contribution in [0.4, 0.5) is 5.69 Å². The number of benzene rings is 2. The molecule has 0 aliphatic carbocycles. The van der Waals surface area contributed by atoms with Crippen LogP contribution in [0.2, 0.25) is 0 Å². The van der Waals surface area contributed by atoms with Crippen molar-refractivity contribution >= 4 is 34.2 Å². The van der Waals surface area contributed by atoms with E-state index in [1.807, 2.05) is 48.2 Å². The number of fused-ring (bicyclic) bond motifs is 1. The lowest BCUT2D eigenvalue weighted by atomic mass is 10.00. The van der Waals surface area contributed by atoms with Crippen LogP contribution in [0.25, 0.3) is 0 Å². The molecule has 0 radical (unpaired) electrons. The average Bonchev–Trinajstić information content (AvgIpc) is 2.61. The maximum Gasteiger partial charge on any atom is 0.267 e. The summed E-state index contributed by atoms with van der Waals surface area (Å²) in [6, 6.07) is 16.1. The van der Waals surface area contributed by atoms with Crippen molar-refractivity contribution in [3.63, 3.8) is 0 Å². The Bertz CT molecular complexity index is 883. The Morgan fingerprint density at radius 2 is 2.04 bits per heavy atom. The lowest BCUT2D eigenvalue weighted by Crippen LogP contribution is -2.27. The van der Waals surface area contributed by atoms with Crippen molar-refractivity contribution < 1.29 is 4.79 Å². The van der Waals surface area contributed by atoms with E-state index in [9.17, 15) is 10.1 Å². The summed E-state index contributed by atoms with van der Waals surface area (Å²) in [5.74, 6) is -0.370. The fourth-order valence-corrected chi connectivity index (χ4v) is 3.55. The molecule has 25 heavy (non-hydrogen) atoms. The maximum absolute atomic E-state index is 12.5. The van der Waals surface area contributed by atoms with Crippen LogP contribution < -0.4 is 5.32 Å². The van der Waals surface area contributed by atoms with Crippen molar-refractivity contribution in [2.24, 2.45) is 0 Å². The zero-order chi connectivity index (χ0) is 17.8.